The topological polar surface area (TPSA) is 29.9 Å². The Balaban J connectivity index is 1.64. The number of hydrogen-bond acceptors (Lipinski definition) is 2. The largest absolute Gasteiger partial charge is 0.355 e. The summed E-state index contributed by atoms with van der Waals surface area (Å²) in [5.41, 5.74) is 0.493. The van der Waals surface area contributed by atoms with Crippen LogP contribution in [0.5, 0.6) is 0 Å². The van der Waals surface area contributed by atoms with Gasteiger partial charge in [-0.3, -0.25) is 0 Å². The molecule has 1 aromatic heterocycles. The molecule has 0 radical (unpaired) electrons. The molecule has 0 bridgehead atoms. The van der Waals surface area contributed by atoms with Crippen molar-refractivity contribution in [1.82, 2.24) is 9.55 Å². The Morgan fingerprint density at radius 3 is 2.72 bits per heavy atom. The van der Waals surface area contributed by atoms with Crippen molar-refractivity contribution in [1.29, 1.82) is 0 Å². The average Bonchev–Trinajstić information content (AvgIpc) is 3.08. The van der Waals surface area contributed by atoms with Crippen LogP contribution in [0.25, 0.3) is 0 Å². The summed E-state index contributed by atoms with van der Waals surface area (Å²) >= 11 is 0. The highest BCUT2D eigenvalue weighted by atomic mass is 15.2. The van der Waals surface area contributed by atoms with E-state index >= 15 is 0 Å². The zero-order valence-corrected chi connectivity index (χ0v) is 11.5. The van der Waals surface area contributed by atoms with Crippen molar-refractivity contribution in [3.63, 3.8) is 0 Å². The fraction of sp³-hybridized carbons (Fsp3) is 0.800. The number of nitrogens with zero attached hydrogens (tertiary/aromatic N) is 2. The summed E-state index contributed by atoms with van der Waals surface area (Å²) in [6, 6.07) is 0.686. The van der Waals surface area contributed by atoms with Gasteiger partial charge in [-0.05, 0) is 31.1 Å². The molecule has 2 fully saturated rings. The minimum absolute atomic E-state index is 0.493. The number of aromatic nitrogens is 2. The molecule has 3 nitrogen and oxygen atoms in total. The Bertz CT molecular complexity index is 384. The van der Waals surface area contributed by atoms with Crippen molar-refractivity contribution in [3.05, 3.63) is 12.4 Å². The van der Waals surface area contributed by atoms with Crippen LogP contribution in [0.2, 0.25) is 0 Å². The van der Waals surface area contributed by atoms with E-state index in [1.54, 1.807) is 0 Å². The molecule has 18 heavy (non-hydrogen) atoms. The first kappa shape index (κ1) is 12.1. The molecule has 0 unspecified atom stereocenters. The van der Waals surface area contributed by atoms with Gasteiger partial charge in [0.05, 0.1) is 0 Å². The maximum absolute atomic E-state index is 4.50. The molecule has 100 valence electrons. The van der Waals surface area contributed by atoms with Crippen molar-refractivity contribution in [3.8, 4) is 0 Å². The highest BCUT2D eigenvalue weighted by molar-refractivity contribution is 5.27. The van der Waals surface area contributed by atoms with Crippen LogP contribution < -0.4 is 5.32 Å². The Morgan fingerprint density at radius 2 is 2.00 bits per heavy atom. The smallest absolute Gasteiger partial charge is 0.203 e. The summed E-state index contributed by atoms with van der Waals surface area (Å²) in [6.45, 7) is 3.49. The molecule has 3 rings (SSSR count). The lowest BCUT2D eigenvalue weighted by molar-refractivity contribution is 0.359. The molecule has 2 aliphatic carbocycles. The fourth-order valence-electron chi connectivity index (χ4n) is 3.62. The molecule has 0 spiro atoms. The first-order valence-corrected chi connectivity index (χ1v) is 7.54. The molecule has 1 aromatic rings. The van der Waals surface area contributed by atoms with Gasteiger partial charge >= 0.3 is 0 Å². The van der Waals surface area contributed by atoms with Gasteiger partial charge in [0.15, 0.2) is 0 Å². The molecule has 2 aliphatic rings. The van der Waals surface area contributed by atoms with Gasteiger partial charge in [-0.15, -0.1) is 0 Å². The second-order valence-electron chi connectivity index (χ2n) is 6.47. The summed E-state index contributed by atoms with van der Waals surface area (Å²) in [7, 11) is 0. The lowest BCUT2D eigenvalue weighted by Gasteiger charge is -2.25. The standard InChI is InChI=1S/C15H25N3/c1-15(8-4-5-9-15)12-17-14-16-10-11-18(14)13-6-2-3-7-13/h10-11,13H,2-9,12H2,1H3,(H,16,17). The van der Waals surface area contributed by atoms with Gasteiger partial charge in [0.2, 0.25) is 5.95 Å². The van der Waals surface area contributed by atoms with E-state index in [9.17, 15) is 0 Å². The average molecular weight is 247 g/mol. The zero-order chi connectivity index (χ0) is 12.4. The maximum atomic E-state index is 4.50. The second-order valence-corrected chi connectivity index (χ2v) is 6.47. The number of hydrogen-bond donors (Lipinski definition) is 1. The number of rotatable bonds is 4. The number of nitrogens with one attached hydrogen (secondary N) is 1. The van der Waals surface area contributed by atoms with Crippen molar-refractivity contribution in [2.45, 2.75) is 64.3 Å². The predicted molar refractivity (Wildman–Crippen MR) is 74.8 cm³/mol. The van der Waals surface area contributed by atoms with Crippen molar-refractivity contribution < 1.29 is 0 Å². The quantitative estimate of drug-likeness (QED) is 0.872. The van der Waals surface area contributed by atoms with E-state index in [-0.39, 0.29) is 0 Å². The summed E-state index contributed by atoms with van der Waals surface area (Å²) < 4.78 is 2.37. The molecule has 2 saturated carbocycles. The summed E-state index contributed by atoms with van der Waals surface area (Å²) in [6.07, 6.45) is 15.0. The molecule has 1 N–H and O–H groups in total. The van der Waals surface area contributed by atoms with Crippen LogP contribution in [0, 0.1) is 5.41 Å². The van der Waals surface area contributed by atoms with Crippen molar-refractivity contribution >= 4 is 5.95 Å². The van der Waals surface area contributed by atoms with Gasteiger partial charge in [-0.2, -0.15) is 0 Å². The van der Waals surface area contributed by atoms with Gasteiger partial charge < -0.3 is 9.88 Å². The normalized spacial score (nSPS) is 23.6. The van der Waals surface area contributed by atoms with Gasteiger partial charge in [-0.1, -0.05) is 32.6 Å². The Kier molecular flexibility index (Phi) is 3.31. The van der Waals surface area contributed by atoms with Crippen LogP contribution in [0.3, 0.4) is 0 Å². The van der Waals surface area contributed by atoms with Crippen LogP contribution in [0.15, 0.2) is 12.4 Å². The van der Waals surface area contributed by atoms with Gasteiger partial charge in [0.1, 0.15) is 0 Å². The van der Waals surface area contributed by atoms with Crippen LogP contribution in [0.4, 0.5) is 5.95 Å². The van der Waals surface area contributed by atoms with E-state index in [2.05, 4.69) is 28.0 Å². The molecule has 0 atom stereocenters. The molecule has 0 aromatic carbocycles. The lowest BCUT2D eigenvalue weighted by atomic mass is 9.89. The van der Waals surface area contributed by atoms with E-state index in [1.807, 2.05) is 6.20 Å². The van der Waals surface area contributed by atoms with Crippen LogP contribution >= 0.6 is 0 Å². The number of anilines is 1. The molecule has 0 aliphatic heterocycles. The Morgan fingerprint density at radius 1 is 1.28 bits per heavy atom. The minimum atomic E-state index is 0.493. The molecular weight excluding hydrogens is 222 g/mol. The van der Waals surface area contributed by atoms with Crippen molar-refractivity contribution in [2.75, 3.05) is 11.9 Å². The third-order valence-corrected chi connectivity index (χ3v) is 4.87. The summed E-state index contributed by atoms with van der Waals surface area (Å²) in [5.74, 6) is 1.09. The molecule has 3 heteroatoms. The lowest BCUT2D eigenvalue weighted by Crippen LogP contribution is -2.24. The SMILES string of the molecule is CC1(CNc2nccn2C2CCCC2)CCCC1. The Hall–Kier alpha value is -0.990. The van der Waals surface area contributed by atoms with E-state index in [0.29, 0.717) is 11.5 Å². The molecule has 0 saturated heterocycles. The van der Waals surface area contributed by atoms with Crippen LogP contribution in [0.1, 0.15) is 64.3 Å². The van der Waals surface area contributed by atoms with Crippen LogP contribution in [-0.4, -0.2) is 16.1 Å². The monoisotopic (exact) mass is 247 g/mol. The van der Waals surface area contributed by atoms with Gasteiger partial charge in [0.25, 0.3) is 0 Å². The second kappa shape index (κ2) is 4.94. The first-order valence-electron chi connectivity index (χ1n) is 7.54. The van der Waals surface area contributed by atoms with E-state index < -0.39 is 0 Å². The van der Waals surface area contributed by atoms with Crippen molar-refractivity contribution in [2.24, 2.45) is 5.41 Å². The molecule has 1 heterocycles. The van der Waals surface area contributed by atoms with Gasteiger partial charge in [0, 0.05) is 25.0 Å². The van der Waals surface area contributed by atoms with E-state index in [0.717, 1.165) is 12.5 Å². The summed E-state index contributed by atoms with van der Waals surface area (Å²) in [4.78, 5) is 4.50. The van der Waals surface area contributed by atoms with Crippen LogP contribution in [-0.2, 0) is 0 Å². The third-order valence-electron chi connectivity index (χ3n) is 4.87. The summed E-state index contributed by atoms with van der Waals surface area (Å²) in [5, 5.41) is 3.60. The highest BCUT2D eigenvalue weighted by Crippen LogP contribution is 2.38. The fourth-order valence-corrected chi connectivity index (χ4v) is 3.62. The number of imidazole rings is 1. The van der Waals surface area contributed by atoms with Gasteiger partial charge in [-0.25, -0.2) is 4.98 Å². The zero-order valence-electron chi connectivity index (χ0n) is 11.5. The molecular formula is C15H25N3. The highest BCUT2D eigenvalue weighted by Gasteiger charge is 2.29. The first-order chi connectivity index (χ1) is 8.77. The third kappa shape index (κ3) is 2.40. The molecule has 0 amide bonds. The maximum Gasteiger partial charge on any atom is 0.203 e. The van der Waals surface area contributed by atoms with E-state index in [1.165, 1.54) is 51.4 Å². The Labute approximate surface area is 110 Å². The minimum Gasteiger partial charge on any atom is -0.355 e. The predicted octanol–water partition coefficient (Wildman–Crippen LogP) is 3.99. The van der Waals surface area contributed by atoms with E-state index in [4.69, 9.17) is 0 Å².